The van der Waals surface area contributed by atoms with Gasteiger partial charge in [-0.05, 0) is 43.4 Å². The second-order valence-electron chi connectivity index (χ2n) is 7.37. The largest absolute Gasteiger partial charge is 0.481 e. The third-order valence-electron chi connectivity index (χ3n) is 5.47. The summed E-state index contributed by atoms with van der Waals surface area (Å²) < 4.78 is 15.1. The molecule has 0 bridgehead atoms. The lowest BCUT2D eigenvalue weighted by molar-refractivity contribution is -0.128. The summed E-state index contributed by atoms with van der Waals surface area (Å²) in [7, 11) is 2.49. The molecule has 0 unspecified atom stereocenters. The SMILES string of the molecule is COC(=O)c1cc(O[C@H](C)C(=O)N[C@H]2CCC[C@@H](C)[C@H]2C)cc(C(=O)OC)c1. The van der Waals surface area contributed by atoms with Crippen molar-refractivity contribution in [2.45, 2.75) is 52.2 Å². The molecule has 4 atom stereocenters. The van der Waals surface area contributed by atoms with Gasteiger partial charge < -0.3 is 19.5 Å². The van der Waals surface area contributed by atoms with Crippen LogP contribution in [0.25, 0.3) is 0 Å². The molecule has 2 rings (SSSR count). The van der Waals surface area contributed by atoms with Gasteiger partial charge in [-0.1, -0.05) is 26.7 Å². The van der Waals surface area contributed by atoms with Crippen LogP contribution in [0.4, 0.5) is 0 Å². The van der Waals surface area contributed by atoms with E-state index >= 15 is 0 Å². The van der Waals surface area contributed by atoms with E-state index in [1.54, 1.807) is 6.92 Å². The fourth-order valence-corrected chi connectivity index (χ4v) is 3.48. The summed E-state index contributed by atoms with van der Waals surface area (Å²) in [6.45, 7) is 5.99. The summed E-state index contributed by atoms with van der Waals surface area (Å²) in [5, 5.41) is 3.07. The molecular formula is C21H29NO6. The zero-order chi connectivity index (χ0) is 20.8. The average Bonchev–Trinajstić information content (AvgIpc) is 2.69. The maximum absolute atomic E-state index is 12.6. The molecule has 1 fully saturated rings. The Morgan fingerprint density at radius 2 is 1.57 bits per heavy atom. The molecule has 0 aliphatic heterocycles. The van der Waals surface area contributed by atoms with E-state index in [1.807, 2.05) is 0 Å². The van der Waals surface area contributed by atoms with E-state index in [9.17, 15) is 14.4 Å². The summed E-state index contributed by atoms with van der Waals surface area (Å²) in [5.41, 5.74) is 0.283. The van der Waals surface area contributed by atoms with Gasteiger partial charge in [0.05, 0.1) is 25.3 Å². The topological polar surface area (TPSA) is 90.9 Å². The van der Waals surface area contributed by atoms with Crippen LogP contribution in [0.5, 0.6) is 5.75 Å². The predicted octanol–water partition coefficient (Wildman–Crippen LogP) is 2.97. The first-order valence-corrected chi connectivity index (χ1v) is 9.55. The van der Waals surface area contributed by atoms with Gasteiger partial charge in [-0.25, -0.2) is 9.59 Å². The number of nitrogens with one attached hydrogen (secondary N) is 1. The number of ether oxygens (including phenoxy) is 3. The summed E-state index contributed by atoms with van der Waals surface area (Å²) in [4.78, 5) is 36.3. The summed E-state index contributed by atoms with van der Waals surface area (Å²) in [5.74, 6) is -0.270. The first kappa shape index (κ1) is 21.7. The van der Waals surface area contributed by atoms with Crippen LogP contribution in [0.2, 0.25) is 0 Å². The fraction of sp³-hybridized carbons (Fsp3) is 0.571. The van der Waals surface area contributed by atoms with E-state index in [0.717, 1.165) is 12.8 Å². The fourth-order valence-electron chi connectivity index (χ4n) is 3.48. The number of rotatable bonds is 6. The van der Waals surface area contributed by atoms with Crippen molar-refractivity contribution in [2.24, 2.45) is 11.8 Å². The minimum absolute atomic E-state index is 0.120. The summed E-state index contributed by atoms with van der Waals surface area (Å²) in [6, 6.07) is 4.36. The summed E-state index contributed by atoms with van der Waals surface area (Å²) >= 11 is 0. The Balaban J connectivity index is 2.13. The quantitative estimate of drug-likeness (QED) is 0.750. The van der Waals surface area contributed by atoms with Crippen LogP contribution in [-0.4, -0.2) is 44.2 Å². The van der Waals surface area contributed by atoms with Crippen molar-refractivity contribution < 1.29 is 28.6 Å². The maximum atomic E-state index is 12.6. The Morgan fingerprint density at radius 3 is 2.11 bits per heavy atom. The molecule has 1 saturated carbocycles. The molecule has 1 N–H and O–H groups in total. The third kappa shape index (κ3) is 5.24. The van der Waals surface area contributed by atoms with Gasteiger partial charge >= 0.3 is 11.9 Å². The van der Waals surface area contributed by atoms with E-state index in [4.69, 9.17) is 14.2 Å². The third-order valence-corrected chi connectivity index (χ3v) is 5.47. The van der Waals surface area contributed by atoms with E-state index in [-0.39, 0.29) is 28.8 Å². The van der Waals surface area contributed by atoms with Gasteiger partial charge in [0.15, 0.2) is 6.10 Å². The van der Waals surface area contributed by atoms with Crippen LogP contribution >= 0.6 is 0 Å². The molecule has 0 radical (unpaired) electrons. The van der Waals surface area contributed by atoms with Crippen LogP contribution in [-0.2, 0) is 14.3 Å². The van der Waals surface area contributed by atoms with Crippen LogP contribution in [0.3, 0.4) is 0 Å². The standard InChI is InChI=1S/C21H29NO6/c1-12-7-6-8-18(13(12)2)22-19(23)14(3)28-17-10-15(20(24)26-4)9-16(11-17)21(25)27-5/h9-14,18H,6-8H2,1-5H3,(H,22,23)/t12-,13-,14-,18+/m1/s1. The minimum atomic E-state index is -0.789. The van der Waals surface area contributed by atoms with Gasteiger partial charge in [-0.3, -0.25) is 4.79 Å². The lowest BCUT2D eigenvalue weighted by Crippen LogP contribution is -2.48. The Kier molecular flexibility index (Phi) is 7.43. The normalized spacial score (nSPS) is 22.7. The van der Waals surface area contributed by atoms with E-state index < -0.39 is 18.0 Å². The molecule has 1 amide bonds. The number of carbonyl (C=O) groups excluding carboxylic acids is 3. The van der Waals surface area contributed by atoms with Crippen LogP contribution < -0.4 is 10.1 Å². The Labute approximate surface area is 165 Å². The van der Waals surface area contributed by atoms with Gasteiger partial charge in [0.2, 0.25) is 0 Å². The van der Waals surface area contributed by atoms with E-state index in [1.165, 1.54) is 38.8 Å². The summed E-state index contributed by atoms with van der Waals surface area (Å²) in [6.07, 6.45) is 2.43. The van der Waals surface area contributed by atoms with Gasteiger partial charge in [0.25, 0.3) is 5.91 Å². The van der Waals surface area contributed by atoms with Crippen molar-refractivity contribution in [3.8, 4) is 5.75 Å². The minimum Gasteiger partial charge on any atom is -0.481 e. The highest BCUT2D eigenvalue weighted by Crippen LogP contribution is 2.29. The zero-order valence-electron chi connectivity index (χ0n) is 17.1. The number of hydrogen-bond donors (Lipinski definition) is 1. The van der Waals surface area contributed by atoms with Crippen LogP contribution in [0.15, 0.2) is 18.2 Å². The van der Waals surface area contributed by atoms with Gasteiger partial charge in [0, 0.05) is 6.04 Å². The Hall–Kier alpha value is -2.57. The van der Waals surface area contributed by atoms with Crippen molar-refractivity contribution in [3.05, 3.63) is 29.3 Å². The molecule has 1 aliphatic carbocycles. The molecular weight excluding hydrogens is 362 g/mol. The van der Waals surface area contributed by atoms with Crippen LogP contribution in [0, 0.1) is 11.8 Å². The lowest BCUT2D eigenvalue weighted by atomic mass is 9.78. The smallest absolute Gasteiger partial charge is 0.338 e. The molecule has 1 aliphatic rings. The number of hydrogen-bond acceptors (Lipinski definition) is 6. The van der Waals surface area contributed by atoms with Crippen molar-refractivity contribution in [1.82, 2.24) is 5.32 Å². The molecule has 7 heteroatoms. The predicted molar refractivity (Wildman–Crippen MR) is 103 cm³/mol. The van der Waals surface area contributed by atoms with Crippen molar-refractivity contribution in [3.63, 3.8) is 0 Å². The number of esters is 2. The molecule has 0 aromatic heterocycles. The lowest BCUT2D eigenvalue weighted by Gasteiger charge is -2.35. The first-order valence-electron chi connectivity index (χ1n) is 9.55. The number of carbonyl (C=O) groups is 3. The molecule has 0 heterocycles. The molecule has 7 nitrogen and oxygen atoms in total. The Bertz CT molecular complexity index is 697. The number of methoxy groups -OCH3 is 2. The highest BCUT2D eigenvalue weighted by atomic mass is 16.5. The van der Waals surface area contributed by atoms with Crippen molar-refractivity contribution >= 4 is 17.8 Å². The van der Waals surface area contributed by atoms with E-state index in [2.05, 4.69) is 19.2 Å². The number of amides is 1. The first-order chi connectivity index (χ1) is 13.3. The van der Waals surface area contributed by atoms with Gasteiger partial charge in [-0.15, -0.1) is 0 Å². The zero-order valence-corrected chi connectivity index (χ0v) is 17.1. The van der Waals surface area contributed by atoms with Crippen molar-refractivity contribution in [2.75, 3.05) is 14.2 Å². The van der Waals surface area contributed by atoms with E-state index in [0.29, 0.717) is 11.8 Å². The second-order valence-corrected chi connectivity index (χ2v) is 7.37. The van der Waals surface area contributed by atoms with Crippen LogP contribution in [0.1, 0.15) is 60.7 Å². The molecule has 1 aromatic carbocycles. The monoisotopic (exact) mass is 391 g/mol. The second kappa shape index (κ2) is 9.57. The Morgan fingerprint density at radius 1 is 1.00 bits per heavy atom. The maximum Gasteiger partial charge on any atom is 0.338 e. The highest BCUT2D eigenvalue weighted by molar-refractivity contribution is 5.96. The highest BCUT2D eigenvalue weighted by Gasteiger charge is 2.29. The van der Waals surface area contributed by atoms with Gasteiger partial charge in [0.1, 0.15) is 5.75 Å². The average molecular weight is 391 g/mol. The molecule has 0 saturated heterocycles. The molecule has 28 heavy (non-hydrogen) atoms. The molecule has 1 aromatic rings. The van der Waals surface area contributed by atoms with Gasteiger partial charge in [-0.2, -0.15) is 0 Å². The van der Waals surface area contributed by atoms with Crippen molar-refractivity contribution in [1.29, 1.82) is 0 Å². The molecule has 0 spiro atoms. The number of benzene rings is 1. The molecule has 154 valence electrons.